The van der Waals surface area contributed by atoms with Crippen LogP contribution in [0.1, 0.15) is 35.5 Å². The van der Waals surface area contributed by atoms with E-state index < -0.39 is 0 Å². The van der Waals surface area contributed by atoms with Crippen LogP contribution in [0.25, 0.3) is 11.0 Å². The highest BCUT2D eigenvalue weighted by molar-refractivity contribution is 5.76. The number of aryl methyl sites for hydroxylation is 2. The normalized spacial score (nSPS) is 12.3. The molecule has 3 rings (SSSR count). The number of aromatic nitrogens is 2. The average molecular weight is 307 g/mol. The van der Waals surface area contributed by atoms with Crippen molar-refractivity contribution >= 4 is 17.4 Å². The third kappa shape index (κ3) is 2.97. The molecular weight excluding hydrogens is 286 g/mol. The monoisotopic (exact) mass is 307 g/mol. The molecule has 118 valence electrons. The molecule has 1 heterocycles. The molecule has 1 aromatic heterocycles. The molecular formula is C19H21N3O. The summed E-state index contributed by atoms with van der Waals surface area (Å²) in [6.07, 6.45) is 0.728. The second kappa shape index (κ2) is 6.24. The van der Waals surface area contributed by atoms with E-state index in [1.165, 1.54) is 16.7 Å². The SMILES string of the molecule is Cc1ccc(C)c(Cn2c(C(C)NC=O)nc3ccccc32)c1. The van der Waals surface area contributed by atoms with E-state index in [1.54, 1.807) is 0 Å². The molecule has 4 heteroatoms. The molecule has 4 nitrogen and oxygen atoms in total. The van der Waals surface area contributed by atoms with Gasteiger partial charge in [0.1, 0.15) is 5.82 Å². The van der Waals surface area contributed by atoms with Gasteiger partial charge in [0.05, 0.1) is 17.1 Å². The zero-order valence-electron chi connectivity index (χ0n) is 13.7. The summed E-state index contributed by atoms with van der Waals surface area (Å²) in [5.74, 6) is 0.874. The highest BCUT2D eigenvalue weighted by atomic mass is 16.1. The van der Waals surface area contributed by atoms with Crippen LogP contribution >= 0.6 is 0 Å². The topological polar surface area (TPSA) is 46.9 Å². The van der Waals surface area contributed by atoms with Crippen LogP contribution in [0.3, 0.4) is 0 Å². The first-order valence-electron chi connectivity index (χ1n) is 7.81. The van der Waals surface area contributed by atoms with Crippen LogP contribution < -0.4 is 5.32 Å². The van der Waals surface area contributed by atoms with Gasteiger partial charge in [-0.2, -0.15) is 0 Å². The molecule has 23 heavy (non-hydrogen) atoms. The number of hydrogen-bond donors (Lipinski definition) is 1. The molecule has 1 atom stereocenters. The van der Waals surface area contributed by atoms with Gasteiger partial charge in [0.2, 0.25) is 6.41 Å². The minimum Gasteiger partial charge on any atom is -0.349 e. The van der Waals surface area contributed by atoms with E-state index in [2.05, 4.69) is 48.0 Å². The third-order valence-corrected chi connectivity index (χ3v) is 4.22. The molecule has 2 aromatic carbocycles. The second-order valence-electron chi connectivity index (χ2n) is 5.98. The molecule has 0 aliphatic carbocycles. The van der Waals surface area contributed by atoms with E-state index in [4.69, 9.17) is 4.98 Å². The number of carbonyl (C=O) groups excluding carboxylic acids is 1. The highest BCUT2D eigenvalue weighted by Gasteiger charge is 2.16. The Hall–Kier alpha value is -2.62. The smallest absolute Gasteiger partial charge is 0.207 e. The van der Waals surface area contributed by atoms with Crippen molar-refractivity contribution in [1.29, 1.82) is 0 Å². The number of hydrogen-bond acceptors (Lipinski definition) is 2. The molecule has 0 saturated carbocycles. The van der Waals surface area contributed by atoms with Crippen molar-refractivity contribution in [3.8, 4) is 0 Å². The minimum atomic E-state index is -0.134. The van der Waals surface area contributed by atoms with Gasteiger partial charge in [-0.25, -0.2) is 4.98 Å². The molecule has 0 radical (unpaired) electrons. The van der Waals surface area contributed by atoms with E-state index in [0.29, 0.717) is 0 Å². The maximum Gasteiger partial charge on any atom is 0.207 e. The zero-order valence-corrected chi connectivity index (χ0v) is 13.7. The van der Waals surface area contributed by atoms with Gasteiger partial charge in [-0.3, -0.25) is 4.79 Å². The van der Waals surface area contributed by atoms with Gasteiger partial charge in [-0.15, -0.1) is 0 Å². The number of nitrogens with one attached hydrogen (secondary N) is 1. The van der Waals surface area contributed by atoms with Gasteiger partial charge in [-0.05, 0) is 44.0 Å². The summed E-state index contributed by atoms with van der Waals surface area (Å²) >= 11 is 0. The summed E-state index contributed by atoms with van der Waals surface area (Å²) in [7, 11) is 0. The Morgan fingerprint density at radius 1 is 1.22 bits per heavy atom. The molecule has 1 N–H and O–H groups in total. The van der Waals surface area contributed by atoms with E-state index in [9.17, 15) is 4.79 Å². The van der Waals surface area contributed by atoms with Crippen LogP contribution in [0.4, 0.5) is 0 Å². The fraction of sp³-hybridized carbons (Fsp3) is 0.263. The molecule has 3 aromatic rings. The average Bonchev–Trinajstić information content (AvgIpc) is 2.90. The van der Waals surface area contributed by atoms with E-state index >= 15 is 0 Å². The quantitative estimate of drug-likeness (QED) is 0.733. The molecule has 0 bridgehead atoms. The maximum absolute atomic E-state index is 10.8. The predicted octanol–water partition coefficient (Wildman–Crippen LogP) is 3.51. The number of fused-ring (bicyclic) bond motifs is 1. The second-order valence-corrected chi connectivity index (χ2v) is 5.98. The molecule has 1 amide bonds. The van der Waals surface area contributed by atoms with Crippen molar-refractivity contribution < 1.29 is 4.79 Å². The van der Waals surface area contributed by atoms with E-state index in [0.717, 1.165) is 29.8 Å². The van der Waals surface area contributed by atoms with Crippen LogP contribution in [0.15, 0.2) is 42.5 Å². The maximum atomic E-state index is 10.8. The van der Waals surface area contributed by atoms with Crippen molar-refractivity contribution in [3.05, 3.63) is 65.0 Å². The number of para-hydroxylation sites is 2. The van der Waals surface area contributed by atoms with Crippen LogP contribution in [-0.2, 0) is 11.3 Å². The number of benzene rings is 2. The van der Waals surface area contributed by atoms with Crippen molar-refractivity contribution in [3.63, 3.8) is 0 Å². The fourth-order valence-corrected chi connectivity index (χ4v) is 2.91. The Morgan fingerprint density at radius 2 is 2.00 bits per heavy atom. The van der Waals surface area contributed by atoms with Crippen LogP contribution in [0.5, 0.6) is 0 Å². The summed E-state index contributed by atoms with van der Waals surface area (Å²) in [6.45, 7) is 6.93. The van der Waals surface area contributed by atoms with Crippen molar-refractivity contribution in [1.82, 2.24) is 14.9 Å². The largest absolute Gasteiger partial charge is 0.349 e. The van der Waals surface area contributed by atoms with Crippen molar-refractivity contribution in [2.45, 2.75) is 33.4 Å². The number of nitrogens with zero attached hydrogens (tertiary/aromatic N) is 2. The molecule has 0 saturated heterocycles. The molecule has 1 unspecified atom stereocenters. The van der Waals surface area contributed by atoms with Gasteiger partial charge < -0.3 is 9.88 Å². The van der Waals surface area contributed by atoms with Crippen molar-refractivity contribution in [2.75, 3.05) is 0 Å². The number of amides is 1. The van der Waals surface area contributed by atoms with Gasteiger partial charge in [0.15, 0.2) is 0 Å². The number of carbonyl (C=O) groups is 1. The lowest BCUT2D eigenvalue weighted by atomic mass is 10.1. The van der Waals surface area contributed by atoms with Gasteiger partial charge in [0, 0.05) is 6.54 Å². The Morgan fingerprint density at radius 3 is 2.78 bits per heavy atom. The summed E-state index contributed by atoms with van der Waals surface area (Å²) in [5, 5.41) is 2.81. The molecule has 0 aliphatic heterocycles. The predicted molar refractivity (Wildman–Crippen MR) is 92.4 cm³/mol. The Kier molecular flexibility index (Phi) is 4.15. The van der Waals surface area contributed by atoms with Crippen LogP contribution in [0, 0.1) is 13.8 Å². The lowest BCUT2D eigenvalue weighted by Gasteiger charge is -2.15. The molecule has 0 aliphatic rings. The third-order valence-electron chi connectivity index (χ3n) is 4.22. The molecule has 0 fully saturated rings. The molecule has 0 spiro atoms. The van der Waals surface area contributed by atoms with Crippen molar-refractivity contribution in [2.24, 2.45) is 0 Å². The highest BCUT2D eigenvalue weighted by Crippen LogP contribution is 2.23. The Labute approximate surface area is 136 Å². The van der Waals surface area contributed by atoms with E-state index in [-0.39, 0.29) is 6.04 Å². The first-order chi connectivity index (χ1) is 11.1. The van der Waals surface area contributed by atoms with Gasteiger partial charge in [0.25, 0.3) is 0 Å². The van der Waals surface area contributed by atoms with Crippen LogP contribution in [0.2, 0.25) is 0 Å². The fourth-order valence-electron chi connectivity index (χ4n) is 2.91. The Balaban J connectivity index is 2.12. The van der Waals surface area contributed by atoms with E-state index in [1.807, 2.05) is 25.1 Å². The number of rotatable bonds is 5. The van der Waals surface area contributed by atoms with Crippen LogP contribution in [-0.4, -0.2) is 16.0 Å². The standard InChI is InChI=1S/C19H21N3O/c1-13-8-9-14(2)16(10-13)11-22-18-7-5-4-6-17(18)21-19(22)15(3)20-12-23/h4-10,12,15H,11H2,1-3H3,(H,20,23). The number of imidazole rings is 1. The summed E-state index contributed by atoms with van der Waals surface area (Å²) < 4.78 is 2.19. The summed E-state index contributed by atoms with van der Waals surface area (Å²) in [4.78, 5) is 15.5. The summed E-state index contributed by atoms with van der Waals surface area (Å²) in [5.41, 5.74) is 5.81. The lowest BCUT2D eigenvalue weighted by Crippen LogP contribution is -2.21. The first kappa shape index (κ1) is 15.3. The lowest BCUT2D eigenvalue weighted by molar-refractivity contribution is -0.110. The minimum absolute atomic E-state index is 0.134. The first-order valence-corrected chi connectivity index (χ1v) is 7.81. The Bertz CT molecular complexity index is 851. The zero-order chi connectivity index (χ0) is 16.4. The van der Waals surface area contributed by atoms with Gasteiger partial charge >= 0.3 is 0 Å². The summed E-state index contributed by atoms with van der Waals surface area (Å²) in [6, 6.07) is 14.4. The van der Waals surface area contributed by atoms with Gasteiger partial charge in [-0.1, -0.05) is 35.9 Å².